The Morgan fingerprint density at radius 3 is 3.00 bits per heavy atom. The smallest absolute Gasteiger partial charge is 0.161 e. The molecule has 3 N–H and O–H groups in total. The molecule has 7 heteroatoms. The molecule has 124 valence electrons. The van der Waals surface area contributed by atoms with Gasteiger partial charge in [0.25, 0.3) is 0 Å². The maximum atomic E-state index is 14.5. The first-order valence-electron chi connectivity index (χ1n) is 7.22. The van der Waals surface area contributed by atoms with Crippen molar-refractivity contribution in [1.82, 2.24) is 4.98 Å². The zero-order valence-corrected chi connectivity index (χ0v) is 15.2. The Kier molecular flexibility index (Phi) is 5.07. The molecule has 1 unspecified atom stereocenters. The van der Waals surface area contributed by atoms with Gasteiger partial charge in [0.2, 0.25) is 0 Å². The van der Waals surface area contributed by atoms with Gasteiger partial charge >= 0.3 is 0 Å². The second kappa shape index (κ2) is 7.08. The minimum atomic E-state index is -1.42. The van der Waals surface area contributed by atoms with Crippen LogP contribution in [0.2, 0.25) is 5.15 Å². The van der Waals surface area contributed by atoms with Crippen molar-refractivity contribution in [3.05, 3.63) is 44.1 Å². The molecular formula is C17H15ClFN3S2. The van der Waals surface area contributed by atoms with Crippen LogP contribution < -0.4 is 11.1 Å². The summed E-state index contributed by atoms with van der Waals surface area (Å²) in [6.07, 6.45) is 3.83. The summed E-state index contributed by atoms with van der Waals surface area (Å²) in [6.45, 7) is 2.48. The number of anilines is 1. The predicted octanol–water partition coefficient (Wildman–Crippen LogP) is 4.90. The molecule has 24 heavy (non-hydrogen) atoms. The van der Waals surface area contributed by atoms with Gasteiger partial charge in [-0.15, -0.1) is 29.1 Å². The lowest BCUT2D eigenvalue weighted by Gasteiger charge is -2.09. The minimum Gasteiger partial charge on any atom is -0.379 e. The number of rotatable bonds is 5. The number of nitrogens with one attached hydrogen (secondary N) is 1. The van der Waals surface area contributed by atoms with Gasteiger partial charge in [0, 0.05) is 22.4 Å². The molecule has 2 atom stereocenters. The first-order valence-corrected chi connectivity index (χ1v) is 9.30. The number of pyridine rings is 1. The van der Waals surface area contributed by atoms with Gasteiger partial charge < -0.3 is 11.1 Å². The van der Waals surface area contributed by atoms with Crippen LogP contribution in [0.4, 0.5) is 10.1 Å². The number of halogens is 2. The molecule has 0 bridgehead atoms. The van der Waals surface area contributed by atoms with E-state index in [2.05, 4.69) is 16.2 Å². The van der Waals surface area contributed by atoms with Gasteiger partial charge in [-0.1, -0.05) is 23.6 Å². The SMILES string of the molecule is C#C[C@H](N)C(F)c1sc2c(NCc3cccs3)cc(Cl)nc2c1C. The van der Waals surface area contributed by atoms with Gasteiger partial charge in [-0.25, -0.2) is 9.37 Å². The summed E-state index contributed by atoms with van der Waals surface area (Å²) >= 11 is 9.12. The quantitative estimate of drug-likeness (QED) is 0.489. The van der Waals surface area contributed by atoms with Crippen molar-refractivity contribution in [2.75, 3.05) is 5.32 Å². The Morgan fingerprint density at radius 2 is 2.33 bits per heavy atom. The fourth-order valence-electron chi connectivity index (χ4n) is 2.40. The zero-order valence-electron chi connectivity index (χ0n) is 12.8. The third-order valence-corrected chi connectivity index (χ3v) is 6.11. The lowest BCUT2D eigenvalue weighted by atomic mass is 10.1. The average Bonchev–Trinajstić information content (AvgIpc) is 3.20. The molecule has 0 aromatic carbocycles. The highest BCUT2D eigenvalue weighted by molar-refractivity contribution is 7.20. The van der Waals surface area contributed by atoms with Crippen LogP contribution in [0.3, 0.4) is 0 Å². The van der Waals surface area contributed by atoms with Crippen molar-refractivity contribution >= 4 is 50.2 Å². The minimum absolute atomic E-state index is 0.361. The van der Waals surface area contributed by atoms with Gasteiger partial charge in [-0.2, -0.15) is 0 Å². The van der Waals surface area contributed by atoms with Gasteiger partial charge in [-0.3, -0.25) is 0 Å². The molecule has 0 spiro atoms. The molecule has 3 nitrogen and oxygen atoms in total. The van der Waals surface area contributed by atoms with E-state index in [1.54, 1.807) is 17.4 Å². The van der Waals surface area contributed by atoms with Crippen molar-refractivity contribution in [2.45, 2.75) is 25.7 Å². The van der Waals surface area contributed by atoms with Crippen molar-refractivity contribution < 1.29 is 4.39 Å². The summed E-state index contributed by atoms with van der Waals surface area (Å²) in [6, 6.07) is 4.83. The maximum absolute atomic E-state index is 14.5. The summed E-state index contributed by atoms with van der Waals surface area (Å²) in [7, 11) is 0. The molecule has 0 radical (unpaired) electrons. The summed E-state index contributed by atoms with van der Waals surface area (Å²) < 4.78 is 15.4. The van der Waals surface area contributed by atoms with Crippen LogP contribution >= 0.6 is 34.3 Å². The maximum Gasteiger partial charge on any atom is 0.161 e. The second-order valence-corrected chi connectivity index (χ2v) is 7.76. The van der Waals surface area contributed by atoms with E-state index in [1.165, 1.54) is 16.2 Å². The van der Waals surface area contributed by atoms with E-state index in [-0.39, 0.29) is 0 Å². The molecule has 3 aromatic rings. The van der Waals surface area contributed by atoms with Crippen LogP contribution in [0.1, 0.15) is 21.5 Å². The number of nitrogens with two attached hydrogens (primary N) is 1. The lowest BCUT2D eigenvalue weighted by Crippen LogP contribution is -2.23. The van der Waals surface area contributed by atoms with Gasteiger partial charge in [-0.05, 0) is 23.9 Å². The van der Waals surface area contributed by atoms with Crippen LogP contribution in [-0.2, 0) is 6.54 Å². The highest BCUT2D eigenvalue weighted by Gasteiger charge is 2.24. The molecule has 0 aliphatic rings. The average molecular weight is 380 g/mol. The topological polar surface area (TPSA) is 50.9 Å². The van der Waals surface area contributed by atoms with E-state index in [1.807, 2.05) is 24.4 Å². The van der Waals surface area contributed by atoms with E-state index in [0.717, 1.165) is 16.0 Å². The Hall–Kier alpha value is -1.65. The molecular weight excluding hydrogens is 365 g/mol. The molecule has 0 aliphatic carbocycles. The van der Waals surface area contributed by atoms with Crippen LogP contribution in [0, 0.1) is 19.3 Å². The number of thiophene rings is 2. The standard InChI is InChI=1S/C17H15ClFN3S2/c1-3-11(20)14(19)16-9(2)15-17(24-16)12(7-13(18)22-15)21-8-10-5-4-6-23-10/h1,4-7,11,14H,8,20H2,2H3,(H,21,22)/t11-,14?/m0/s1. The van der Waals surface area contributed by atoms with Gasteiger partial charge in [0.05, 0.1) is 15.9 Å². The van der Waals surface area contributed by atoms with E-state index in [9.17, 15) is 4.39 Å². The number of aryl methyl sites for hydroxylation is 1. The fourth-order valence-corrected chi connectivity index (χ4v) is 4.50. The van der Waals surface area contributed by atoms with Gasteiger partial charge in [0.15, 0.2) is 6.17 Å². The summed E-state index contributed by atoms with van der Waals surface area (Å²) in [5.41, 5.74) is 7.91. The molecule has 0 saturated heterocycles. The number of hydrogen-bond donors (Lipinski definition) is 2. The van der Waals surface area contributed by atoms with Gasteiger partial charge in [0.1, 0.15) is 11.2 Å². The number of alkyl halides is 1. The number of hydrogen-bond acceptors (Lipinski definition) is 5. The molecule has 0 aliphatic heterocycles. The van der Waals surface area contributed by atoms with E-state index in [0.29, 0.717) is 22.1 Å². The van der Waals surface area contributed by atoms with Crippen molar-refractivity contribution in [3.8, 4) is 12.3 Å². The van der Waals surface area contributed by atoms with Crippen LogP contribution in [0.15, 0.2) is 23.6 Å². The number of fused-ring (bicyclic) bond motifs is 1. The Morgan fingerprint density at radius 1 is 1.54 bits per heavy atom. The second-order valence-electron chi connectivity index (χ2n) is 5.29. The third kappa shape index (κ3) is 3.26. The van der Waals surface area contributed by atoms with Crippen molar-refractivity contribution in [2.24, 2.45) is 5.73 Å². The van der Waals surface area contributed by atoms with Crippen LogP contribution in [-0.4, -0.2) is 11.0 Å². The lowest BCUT2D eigenvalue weighted by molar-refractivity contribution is 0.326. The highest BCUT2D eigenvalue weighted by atomic mass is 35.5. The first kappa shape index (κ1) is 17.2. The van der Waals surface area contributed by atoms with Crippen LogP contribution in [0.5, 0.6) is 0 Å². The van der Waals surface area contributed by atoms with E-state index < -0.39 is 12.2 Å². The van der Waals surface area contributed by atoms with E-state index in [4.69, 9.17) is 23.8 Å². The number of nitrogens with zero attached hydrogens (tertiary/aromatic N) is 1. The molecule has 0 fully saturated rings. The first-order chi connectivity index (χ1) is 11.5. The molecule has 0 saturated carbocycles. The van der Waals surface area contributed by atoms with Crippen molar-refractivity contribution in [3.63, 3.8) is 0 Å². The molecule has 3 heterocycles. The predicted molar refractivity (Wildman–Crippen MR) is 102 cm³/mol. The molecule has 3 rings (SSSR count). The Labute approximate surface area is 152 Å². The summed E-state index contributed by atoms with van der Waals surface area (Å²) in [4.78, 5) is 6.05. The zero-order chi connectivity index (χ0) is 17.3. The third-order valence-electron chi connectivity index (χ3n) is 3.67. The Bertz CT molecular complexity index is 899. The van der Waals surface area contributed by atoms with E-state index >= 15 is 0 Å². The number of terminal acetylenes is 1. The fraction of sp³-hybridized carbons (Fsp3) is 0.235. The number of aromatic nitrogens is 1. The highest BCUT2D eigenvalue weighted by Crippen LogP contribution is 2.41. The summed E-state index contributed by atoms with van der Waals surface area (Å²) in [5.74, 6) is 2.25. The molecule has 3 aromatic heterocycles. The van der Waals surface area contributed by atoms with Crippen molar-refractivity contribution in [1.29, 1.82) is 0 Å². The monoisotopic (exact) mass is 379 g/mol. The Balaban J connectivity index is 2.02. The largest absolute Gasteiger partial charge is 0.379 e. The summed E-state index contributed by atoms with van der Waals surface area (Å²) in [5, 5.41) is 5.74. The molecule has 0 amide bonds. The van der Waals surface area contributed by atoms with Crippen LogP contribution in [0.25, 0.3) is 10.2 Å². The normalized spacial score (nSPS) is 13.6.